The number of para-hydroxylation sites is 1. The molecular weight excluding hydrogens is 430 g/mol. The quantitative estimate of drug-likeness (QED) is 0.344. The fourth-order valence-corrected chi connectivity index (χ4v) is 4.88. The molecule has 1 aliphatic rings. The van der Waals surface area contributed by atoms with Gasteiger partial charge in [0.2, 0.25) is 0 Å². The van der Waals surface area contributed by atoms with Crippen molar-refractivity contribution in [3.63, 3.8) is 0 Å². The molecule has 178 valence electrons. The van der Waals surface area contributed by atoms with Crippen molar-refractivity contribution in [2.75, 3.05) is 34.3 Å². The highest BCUT2D eigenvalue weighted by Gasteiger charge is 2.47. The Balaban J connectivity index is 2.00. The predicted molar refractivity (Wildman–Crippen MR) is 133 cm³/mol. The molecule has 2 heterocycles. The number of ether oxygens (including phenoxy) is 1. The van der Waals surface area contributed by atoms with Crippen LogP contribution in [0.3, 0.4) is 0 Å². The number of carbonyl (C=O) groups excluding carboxylic acids is 2. The summed E-state index contributed by atoms with van der Waals surface area (Å²) in [6.45, 7) is 4.75. The zero-order chi connectivity index (χ0) is 24.7. The molecule has 1 unspecified atom stereocenters. The van der Waals surface area contributed by atoms with E-state index in [9.17, 15) is 14.7 Å². The molecule has 1 aromatic heterocycles. The van der Waals surface area contributed by atoms with Gasteiger partial charge in [-0.2, -0.15) is 0 Å². The van der Waals surface area contributed by atoms with E-state index in [2.05, 4.69) is 0 Å². The maximum atomic E-state index is 13.4. The molecular formula is C27H31N3O4. The van der Waals surface area contributed by atoms with Gasteiger partial charge in [-0.05, 0) is 51.2 Å². The SMILES string of the molecule is COc1c(C)cc(C)cc1/C(O)=C1\C(=O)C(=O)N(CCN(C)C)C1c1cn(C)c2ccccc12. The molecule has 1 atom stereocenters. The highest BCUT2D eigenvalue weighted by molar-refractivity contribution is 6.46. The van der Waals surface area contributed by atoms with Gasteiger partial charge in [-0.25, -0.2) is 0 Å². The lowest BCUT2D eigenvalue weighted by atomic mass is 9.93. The number of aryl methyl sites for hydroxylation is 3. The number of ketones is 1. The number of aromatic nitrogens is 1. The summed E-state index contributed by atoms with van der Waals surface area (Å²) in [6.07, 6.45) is 1.94. The molecule has 7 nitrogen and oxygen atoms in total. The van der Waals surface area contributed by atoms with Crippen LogP contribution in [0.5, 0.6) is 5.75 Å². The molecule has 0 aliphatic carbocycles. The summed E-state index contributed by atoms with van der Waals surface area (Å²) in [7, 11) is 7.31. The number of hydrogen-bond acceptors (Lipinski definition) is 5. The molecule has 0 spiro atoms. The van der Waals surface area contributed by atoms with Crippen LogP contribution in [0.25, 0.3) is 16.7 Å². The second kappa shape index (κ2) is 8.99. The van der Waals surface area contributed by atoms with Gasteiger partial charge in [-0.1, -0.05) is 24.3 Å². The Labute approximate surface area is 199 Å². The van der Waals surface area contributed by atoms with Gasteiger partial charge in [0.05, 0.1) is 24.3 Å². The van der Waals surface area contributed by atoms with Crippen LogP contribution in [0, 0.1) is 13.8 Å². The lowest BCUT2D eigenvalue weighted by Gasteiger charge is -2.26. The third-order valence-corrected chi connectivity index (χ3v) is 6.43. The number of likely N-dealkylation sites (tertiary alicyclic amines) is 1. The highest BCUT2D eigenvalue weighted by Crippen LogP contribution is 2.44. The van der Waals surface area contributed by atoms with Gasteiger partial charge in [0.25, 0.3) is 11.7 Å². The van der Waals surface area contributed by atoms with Crippen molar-refractivity contribution in [1.29, 1.82) is 0 Å². The minimum absolute atomic E-state index is 0.0865. The van der Waals surface area contributed by atoms with E-state index in [0.717, 1.165) is 27.6 Å². The van der Waals surface area contributed by atoms with Gasteiger partial charge in [-0.3, -0.25) is 9.59 Å². The van der Waals surface area contributed by atoms with E-state index in [1.807, 2.05) is 81.0 Å². The minimum atomic E-state index is -0.712. The van der Waals surface area contributed by atoms with Crippen molar-refractivity contribution >= 4 is 28.4 Å². The van der Waals surface area contributed by atoms with Crippen LogP contribution in [0.15, 0.2) is 48.2 Å². The number of aliphatic hydroxyl groups is 1. The average Bonchev–Trinajstić information content (AvgIpc) is 3.25. The molecule has 0 bridgehead atoms. The number of amides is 1. The van der Waals surface area contributed by atoms with Gasteiger partial charge in [-0.15, -0.1) is 0 Å². The number of fused-ring (bicyclic) bond motifs is 1. The molecule has 7 heteroatoms. The zero-order valence-electron chi connectivity index (χ0n) is 20.5. The monoisotopic (exact) mass is 461 g/mol. The first-order valence-electron chi connectivity index (χ1n) is 11.3. The van der Waals surface area contributed by atoms with Crippen molar-refractivity contribution < 1.29 is 19.4 Å². The molecule has 1 amide bonds. The maximum Gasteiger partial charge on any atom is 0.295 e. The predicted octanol–water partition coefficient (Wildman–Crippen LogP) is 3.79. The summed E-state index contributed by atoms with van der Waals surface area (Å²) in [5.74, 6) is -1.02. The van der Waals surface area contributed by atoms with Crippen molar-refractivity contribution in [2.24, 2.45) is 7.05 Å². The Kier molecular flexibility index (Phi) is 6.23. The van der Waals surface area contributed by atoms with E-state index >= 15 is 0 Å². The van der Waals surface area contributed by atoms with Gasteiger partial charge in [0.15, 0.2) is 0 Å². The molecule has 34 heavy (non-hydrogen) atoms. The largest absolute Gasteiger partial charge is 0.507 e. The first-order valence-corrected chi connectivity index (χ1v) is 11.3. The van der Waals surface area contributed by atoms with Crippen LogP contribution in [0.1, 0.15) is 28.3 Å². The van der Waals surface area contributed by atoms with Crippen LogP contribution < -0.4 is 4.74 Å². The Morgan fingerprint density at radius 2 is 1.85 bits per heavy atom. The second-order valence-electron chi connectivity index (χ2n) is 9.17. The lowest BCUT2D eigenvalue weighted by molar-refractivity contribution is -0.140. The van der Waals surface area contributed by atoms with Crippen molar-refractivity contribution in [2.45, 2.75) is 19.9 Å². The van der Waals surface area contributed by atoms with Crippen molar-refractivity contribution in [3.05, 3.63) is 70.4 Å². The first-order chi connectivity index (χ1) is 16.1. The lowest BCUT2D eigenvalue weighted by Crippen LogP contribution is -2.35. The molecule has 0 radical (unpaired) electrons. The fourth-order valence-electron chi connectivity index (χ4n) is 4.88. The number of nitrogens with zero attached hydrogens (tertiary/aromatic N) is 3. The normalized spacial score (nSPS) is 17.9. The summed E-state index contributed by atoms with van der Waals surface area (Å²) in [6, 6.07) is 10.9. The van der Waals surface area contributed by atoms with E-state index in [0.29, 0.717) is 24.4 Å². The standard InChI is InChI=1S/C27H31N3O4/c1-16-13-17(2)26(34-6)19(14-16)24(31)22-23(30(12-11-28(3)4)27(33)25(22)32)20-15-29(5)21-10-8-7-9-18(20)21/h7-10,13-15,23,31H,11-12H2,1-6H3/b24-22+. The molecule has 2 aromatic carbocycles. The van der Waals surface area contributed by atoms with E-state index < -0.39 is 17.7 Å². The summed E-state index contributed by atoms with van der Waals surface area (Å²) in [5.41, 5.74) is 4.05. The van der Waals surface area contributed by atoms with Crippen molar-refractivity contribution in [3.8, 4) is 5.75 Å². The Morgan fingerprint density at radius 1 is 1.15 bits per heavy atom. The van der Waals surface area contributed by atoms with Crippen molar-refractivity contribution in [1.82, 2.24) is 14.4 Å². The van der Waals surface area contributed by atoms with Crippen LogP contribution in [-0.2, 0) is 16.6 Å². The average molecular weight is 462 g/mol. The van der Waals surface area contributed by atoms with Crippen LogP contribution in [-0.4, -0.2) is 65.5 Å². The van der Waals surface area contributed by atoms with Gasteiger partial charge in [0, 0.05) is 42.8 Å². The number of carbonyl (C=O) groups is 2. The number of rotatable bonds is 6. The Hall–Kier alpha value is -3.58. The molecule has 4 rings (SSSR count). The number of benzene rings is 2. The summed E-state index contributed by atoms with van der Waals surface area (Å²) in [5, 5.41) is 12.5. The summed E-state index contributed by atoms with van der Waals surface area (Å²) < 4.78 is 7.56. The fraction of sp³-hybridized carbons (Fsp3) is 0.333. The highest BCUT2D eigenvalue weighted by atomic mass is 16.5. The smallest absolute Gasteiger partial charge is 0.295 e. The van der Waals surface area contributed by atoms with E-state index in [-0.39, 0.29) is 11.3 Å². The number of aliphatic hydroxyl groups excluding tert-OH is 1. The molecule has 1 fully saturated rings. The summed E-state index contributed by atoms with van der Waals surface area (Å²) in [4.78, 5) is 30.2. The van der Waals surface area contributed by atoms with E-state index in [4.69, 9.17) is 4.74 Å². The maximum absolute atomic E-state index is 13.4. The number of likely N-dealkylation sites (N-methyl/N-ethyl adjacent to an activating group) is 1. The van der Waals surface area contributed by atoms with Crippen LogP contribution in [0.2, 0.25) is 0 Å². The van der Waals surface area contributed by atoms with E-state index in [1.54, 1.807) is 11.0 Å². The molecule has 0 saturated carbocycles. The van der Waals surface area contributed by atoms with Gasteiger partial charge < -0.3 is 24.2 Å². The topological polar surface area (TPSA) is 75.0 Å². The zero-order valence-corrected chi connectivity index (χ0v) is 20.5. The molecule has 1 N–H and O–H groups in total. The van der Waals surface area contributed by atoms with Gasteiger partial charge >= 0.3 is 0 Å². The van der Waals surface area contributed by atoms with E-state index in [1.165, 1.54) is 7.11 Å². The Bertz CT molecular complexity index is 1320. The minimum Gasteiger partial charge on any atom is -0.507 e. The van der Waals surface area contributed by atoms with Crippen LogP contribution >= 0.6 is 0 Å². The molecule has 1 aliphatic heterocycles. The second-order valence-corrected chi connectivity index (χ2v) is 9.17. The molecule has 1 saturated heterocycles. The summed E-state index contributed by atoms with van der Waals surface area (Å²) >= 11 is 0. The number of Topliss-reactive ketones (excluding diaryl/α,β-unsaturated/α-hetero) is 1. The Morgan fingerprint density at radius 3 is 2.53 bits per heavy atom. The molecule has 3 aromatic rings. The number of hydrogen-bond donors (Lipinski definition) is 1. The third kappa shape index (κ3) is 3.86. The van der Waals surface area contributed by atoms with Crippen LogP contribution in [0.4, 0.5) is 0 Å². The van der Waals surface area contributed by atoms with Gasteiger partial charge in [0.1, 0.15) is 11.5 Å². The third-order valence-electron chi connectivity index (χ3n) is 6.43. The number of methoxy groups -OCH3 is 1. The first kappa shape index (κ1) is 23.6.